The van der Waals surface area contributed by atoms with Gasteiger partial charge in [0.2, 0.25) is 0 Å². The van der Waals surface area contributed by atoms with E-state index in [9.17, 15) is 13.6 Å². The molecule has 0 bridgehead atoms. The van der Waals surface area contributed by atoms with E-state index in [0.29, 0.717) is 19.6 Å². The van der Waals surface area contributed by atoms with Crippen molar-refractivity contribution >= 4 is 18.3 Å². The van der Waals surface area contributed by atoms with Gasteiger partial charge < -0.3 is 10.2 Å². The van der Waals surface area contributed by atoms with Gasteiger partial charge in [0.1, 0.15) is 11.6 Å². The Hall–Kier alpha value is -1.20. The second kappa shape index (κ2) is 6.11. The van der Waals surface area contributed by atoms with Crippen LogP contribution in [0.5, 0.6) is 0 Å². The molecule has 0 unspecified atom stereocenters. The molecule has 100 valence electrons. The summed E-state index contributed by atoms with van der Waals surface area (Å²) in [6.45, 7) is 3.73. The lowest BCUT2D eigenvalue weighted by Crippen LogP contribution is -2.52. The van der Waals surface area contributed by atoms with Crippen molar-refractivity contribution in [3.63, 3.8) is 0 Å². The first-order chi connectivity index (χ1) is 8.09. The Labute approximate surface area is 111 Å². The molecule has 1 fully saturated rings. The number of carbonyl (C=O) groups excluding carboxylic acids is 1. The van der Waals surface area contributed by atoms with E-state index in [-0.39, 0.29) is 24.0 Å². The molecule has 18 heavy (non-hydrogen) atoms. The first-order valence-electron chi connectivity index (χ1n) is 5.56. The van der Waals surface area contributed by atoms with Crippen molar-refractivity contribution in [2.45, 2.75) is 13.0 Å². The van der Waals surface area contributed by atoms with E-state index in [1.54, 1.807) is 4.90 Å². The molecule has 0 spiro atoms. The van der Waals surface area contributed by atoms with E-state index >= 15 is 0 Å². The Kier molecular flexibility index (Phi) is 5.04. The zero-order valence-corrected chi connectivity index (χ0v) is 10.8. The molecule has 1 aliphatic rings. The molecule has 1 aliphatic heterocycles. The lowest BCUT2D eigenvalue weighted by atomic mass is 10.1. The number of piperazine rings is 1. The molecule has 1 aromatic carbocycles. The number of nitrogens with zero attached hydrogens (tertiary/aromatic N) is 1. The van der Waals surface area contributed by atoms with Gasteiger partial charge in [-0.1, -0.05) is 0 Å². The summed E-state index contributed by atoms with van der Waals surface area (Å²) in [7, 11) is 0. The van der Waals surface area contributed by atoms with E-state index in [4.69, 9.17) is 0 Å². The maximum Gasteiger partial charge on any atom is 0.257 e. The number of rotatable bonds is 1. The van der Waals surface area contributed by atoms with Crippen LogP contribution in [0.15, 0.2) is 18.2 Å². The third-order valence-electron chi connectivity index (χ3n) is 2.92. The highest BCUT2D eigenvalue weighted by atomic mass is 35.5. The van der Waals surface area contributed by atoms with Gasteiger partial charge in [-0.2, -0.15) is 0 Å². The Morgan fingerprint density at radius 2 is 2.17 bits per heavy atom. The molecular formula is C12H15ClF2N2O. The van der Waals surface area contributed by atoms with E-state index in [0.717, 1.165) is 18.2 Å². The number of benzene rings is 1. The normalized spacial score (nSPS) is 19.3. The van der Waals surface area contributed by atoms with Gasteiger partial charge in [0.25, 0.3) is 5.91 Å². The molecule has 0 radical (unpaired) electrons. The van der Waals surface area contributed by atoms with E-state index in [1.807, 2.05) is 6.92 Å². The van der Waals surface area contributed by atoms with E-state index < -0.39 is 17.5 Å². The van der Waals surface area contributed by atoms with Crippen LogP contribution < -0.4 is 5.32 Å². The minimum atomic E-state index is -0.679. The monoisotopic (exact) mass is 276 g/mol. The van der Waals surface area contributed by atoms with Crippen LogP contribution in [0, 0.1) is 11.6 Å². The Morgan fingerprint density at radius 1 is 1.44 bits per heavy atom. The van der Waals surface area contributed by atoms with Crippen LogP contribution in [0.3, 0.4) is 0 Å². The molecule has 0 aliphatic carbocycles. The van der Waals surface area contributed by atoms with Gasteiger partial charge in [0.05, 0.1) is 5.56 Å². The Balaban J connectivity index is 0.00000162. The quantitative estimate of drug-likeness (QED) is 0.849. The fraction of sp³-hybridized carbons (Fsp3) is 0.417. The van der Waals surface area contributed by atoms with Crippen molar-refractivity contribution in [3.05, 3.63) is 35.4 Å². The smallest absolute Gasteiger partial charge is 0.257 e. The molecule has 6 heteroatoms. The lowest BCUT2D eigenvalue weighted by molar-refractivity contribution is 0.0650. The third kappa shape index (κ3) is 2.97. The third-order valence-corrected chi connectivity index (χ3v) is 2.92. The average Bonchev–Trinajstić information content (AvgIpc) is 2.32. The maximum absolute atomic E-state index is 13.5. The fourth-order valence-corrected chi connectivity index (χ4v) is 1.96. The molecule has 2 rings (SSSR count). The average molecular weight is 277 g/mol. The lowest BCUT2D eigenvalue weighted by Gasteiger charge is -2.34. The molecule has 1 heterocycles. The highest BCUT2D eigenvalue weighted by molar-refractivity contribution is 5.94. The number of hydrogen-bond acceptors (Lipinski definition) is 2. The molecular weight excluding hydrogens is 262 g/mol. The van der Waals surface area contributed by atoms with Gasteiger partial charge in [0.15, 0.2) is 0 Å². The maximum atomic E-state index is 13.5. The van der Waals surface area contributed by atoms with E-state index in [2.05, 4.69) is 5.32 Å². The molecule has 0 saturated carbocycles. The van der Waals surface area contributed by atoms with Crippen LogP contribution >= 0.6 is 12.4 Å². The van der Waals surface area contributed by atoms with Crippen LogP contribution in [-0.4, -0.2) is 36.5 Å². The van der Waals surface area contributed by atoms with Crippen LogP contribution in [0.25, 0.3) is 0 Å². The minimum Gasteiger partial charge on any atom is -0.333 e. The molecule has 1 aromatic rings. The van der Waals surface area contributed by atoms with Crippen molar-refractivity contribution < 1.29 is 13.6 Å². The summed E-state index contributed by atoms with van der Waals surface area (Å²) in [5.74, 6) is -1.73. The van der Waals surface area contributed by atoms with Gasteiger partial charge in [-0.25, -0.2) is 8.78 Å². The highest BCUT2D eigenvalue weighted by Crippen LogP contribution is 2.15. The predicted octanol–water partition coefficient (Wildman–Crippen LogP) is 1.82. The highest BCUT2D eigenvalue weighted by Gasteiger charge is 2.26. The zero-order valence-electron chi connectivity index (χ0n) is 9.95. The van der Waals surface area contributed by atoms with Crippen LogP contribution in [0.2, 0.25) is 0 Å². The number of halogens is 3. The first kappa shape index (κ1) is 14.9. The van der Waals surface area contributed by atoms with Crippen molar-refractivity contribution in [1.82, 2.24) is 10.2 Å². The van der Waals surface area contributed by atoms with Crippen LogP contribution in [0.1, 0.15) is 17.3 Å². The number of carbonyl (C=O) groups is 1. The largest absolute Gasteiger partial charge is 0.333 e. The summed E-state index contributed by atoms with van der Waals surface area (Å²) in [5, 5.41) is 3.14. The molecule has 1 saturated heterocycles. The second-order valence-corrected chi connectivity index (χ2v) is 4.18. The summed E-state index contributed by atoms with van der Waals surface area (Å²) in [6.07, 6.45) is 0. The number of amides is 1. The van der Waals surface area contributed by atoms with Crippen molar-refractivity contribution in [1.29, 1.82) is 0 Å². The molecule has 3 nitrogen and oxygen atoms in total. The number of nitrogens with one attached hydrogen (secondary N) is 1. The zero-order chi connectivity index (χ0) is 12.4. The van der Waals surface area contributed by atoms with Gasteiger partial charge in [-0.15, -0.1) is 12.4 Å². The summed E-state index contributed by atoms with van der Waals surface area (Å²) in [6, 6.07) is 2.92. The first-order valence-corrected chi connectivity index (χ1v) is 5.56. The van der Waals surface area contributed by atoms with Gasteiger partial charge in [-0.05, 0) is 25.1 Å². The summed E-state index contributed by atoms with van der Waals surface area (Å²) in [5.41, 5.74) is -0.196. The second-order valence-electron chi connectivity index (χ2n) is 4.18. The molecule has 1 N–H and O–H groups in total. The van der Waals surface area contributed by atoms with Crippen LogP contribution in [0.4, 0.5) is 8.78 Å². The van der Waals surface area contributed by atoms with Gasteiger partial charge in [0, 0.05) is 25.7 Å². The fourth-order valence-electron chi connectivity index (χ4n) is 1.96. The van der Waals surface area contributed by atoms with Crippen molar-refractivity contribution in [2.24, 2.45) is 0 Å². The summed E-state index contributed by atoms with van der Waals surface area (Å²) >= 11 is 0. The van der Waals surface area contributed by atoms with Crippen LogP contribution in [-0.2, 0) is 0 Å². The summed E-state index contributed by atoms with van der Waals surface area (Å²) in [4.78, 5) is 13.6. The Morgan fingerprint density at radius 3 is 2.83 bits per heavy atom. The Bertz CT molecular complexity index is 442. The van der Waals surface area contributed by atoms with Gasteiger partial charge >= 0.3 is 0 Å². The predicted molar refractivity (Wildman–Crippen MR) is 67.0 cm³/mol. The SMILES string of the molecule is C[C@@H]1CNCCN1C(=O)c1cc(F)ccc1F.Cl. The standard InChI is InChI=1S/C12H14F2N2O.ClH/c1-8-7-15-4-5-16(8)12(17)10-6-9(13)2-3-11(10)14;/h2-3,6,8,15H,4-5,7H2,1H3;1H/t8-;/m1./s1. The summed E-state index contributed by atoms with van der Waals surface area (Å²) < 4.78 is 26.5. The minimum absolute atomic E-state index is 0. The topological polar surface area (TPSA) is 32.3 Å². The van der Waals surface area contributed by atoms with Gasteiger partial charge in [-0.3, -0.25) is 4.79 Å². The van der Waals surface area contributed by atoms with Crippen molar-refractivity contribution in [2.75, 3.05) is 19.6 Å². The molecule has 0 aromatic heterocycles. The molecule has 1 atom stereocenters. The number of hydrogen-bond donors (Lipinski definition) is 1. The molecule has 1 amide bonds. The van der Waals surface area contributed by atoms with Crippen molar-refractivity contribution in [3.8, 4) is 0 Å². The van der Waals surface area contributed by atoms with E-state index in [1.165, 1.54) is 0 Å².